The number of aryl methyl sites for hydroxylation is 1. The van der Waals surface area contributed by atoms with Gasteiger partial charge in [0, 0.05) is 27.2 Å². The van der Waals surface area contributed by atoms with Crippen molar-refractivity contribution in [2.45, 2.75) is 6.92 Å². The van der Waals surface area contributed by atoms with E-state index in [1.165, 1.54) is 93.4 Å². The van der Waals surface area contributed by atoms with Gasteiger partial charge in [0.15, 0.2) is 0 Å². The summed E-state index contributed by atoms with van der Waals surface area (Å²) in [5.41, 5.74) is 16.3. The van der Waals surface area contributed by atoms with Gasteiger partial charge < -0.3 is 8.98 Å². The Morgan fingerprint density at radius 1 is 0.305 bits per heavy atom. The van der Waals surface area contributed by atoms with Crippen molar-refractivity contribution >= 4 is 65.3 Å². The lowest BCUT2D eigenvalue weighted by Crippen LogP contribution is -1.94. The molecule has 0 saturated heterocycles. The maximum Gasteiger partial charge on any atom is 0.135 e. The molecule has 0 aliphatic heterocycles. The van der Waals surface area contributed by atoms with Crippen molar-refractivity contribution < 1.29 is 4.42 Å². The van der Waals surface area contributed by atoms with Crippen LogP contribution in [0.5, 0.6) is 0 Å². The Morgan fingerprint density at radius 2 is 0.729 bits per heavy atom. The molecule has 10 aromatic carbocycles. The molecule has 59 heavy (non-hydrogen) atoms. The van der Waals surface area contributed by atoms with Crippen LogP contribution in [0.15, 0.2) is 211 Å². The molecule has 0 saturated carbocycles. The minimum Gasteiger partial charge on any atom is -0.456 e. The van der Waals surface area contributed by atoms with Crippen molar-refractivity contribution in [3.8, 4) is 50.2 Å². The molecule has 0 bridgehead atoms. The molecule has 0 aliphatic rings. The minimum absolute atomic E-state index is 0.902. The van der Waals surface area contributed by atoms with Crippen LogP contribution in [0.4, 0.5) is 0 Å². The van der Waals surface area contributed by atoms with Crippen LogP contribution in [0.3, 0.4) is 0 Å². The number of hydrogen-bond donors (Lipinski definition) is 0. The molecule has 2 nitrogen and oxygen atoms in total. The second-order valence-corrected chi connectivity index (χ2v) is 15.7. The van der Waals surface area contributed by atoms with E-state index < -0.39 is 0 Å². The summed E-state index contributed by atoms with van der Waals surface area (Å²) in [4.78, 5) is 0. The maximum absolute atomic E-state index is 6.33. The van der Waals surface area contributed by atoms with Gasteiger partial charge in [-0.3, -0.25) is 0 Å². The molecule has 0 amide bonds. The average molecular weight is 752 g/mol. The highest BCUT2D eigenvalue weighted by Gasteiger charge is 2.18. The summed E-state index contributed by atoms with van der Waals surface area (Å²) >= 11 is 0. The molecule has 0 spiro atoms. The molecule has 12 aromatic rings. The van der Waals surface area contributed by atoms with Crippen molar-refractivity contribution in [1.82, 2.24) is 4.57 Å². The van der Waals surface area contributed by atoms with Gasteiger partial charge in [0.2, 0.25) is 0 Å². The van der Waals surface area contributed by atoms with Gasteiger partial charge in [-0.05, 0) is 128 Å². The molecule has 0 radical (unpaired) electrons. The van der Waals surface area contributed by atoms with Gasteiger partial charge >= 0.3 is 0 Å². The van der Waals surface area contributed by atoms with Gasteiger partial charge in [0.1, 0.15) is 11.2 Å². The summed E-state index contributed by atoms with van der Waals surface area (Å²) in [6.07, 6.45) is 0. The Bertz CT molecular complexity index is 3530. The normalized spacial score (nSPS) is 11.8. The minimum atomic E-state index is 0.902. The molecule has 0 atom stereocenters. The fourth-order valence-electron chi connectivity index (χ4n) is 9.45. The van der Waals surface area contributed by atoms with Gasteiger partial charge in [0.25, 0.3) is 0 Å². The van der Waals surface area contributed by atoms with E-state index in [9.17, 15) is 0 Å². The first kappa shape index (κ1) is 33.5. The van der Waals surface area contributed by atoms with Crippen molar-refractivity contribution in [2.24, 2.45) is 0 Å². The monoisotopic (exact) mass is 751 g/mol. The quantitative estimate of drug-likeness (QED) is 0.160. The number of furan rings is 1. The van der Waals surface area contributed by atoms with Crippen molar-refractivity contribution in [1.29, 1.82) is 0 Å². The third-order valence-electron chi connectivity index (χ3n) is 12.3. The lowest BCUT2D eigenvalue weighted by atomic mass is 9.86. The second-order valence-electron chi connectivity index (χ2n) is 15.7. The average Bonchev–Trinajstić information content (AvgIpc) is 3.83. The Labute approximate surface area is 341 Å². The van der Waals surface area contributed by atoms with Crippen LogP contribution in [0.1, 0.15) is 5.56 Å². The predicted molar refractivity (Wildman–Crippen MR) is 250 cm³/mol. The predicted octanol–water partition coefficient (Wildman–Crippen LogP) is 16.0. The zero-order valence-electron chi connectivity index (χ0n) is 32.5. The first-order chi connectivity index (χ1) is 29.2. The van der Waals surface area contributed by atoms with E-state index in [4.69, 9.17) is 4.42 Å². The largest absolute Gasteiger partial charge is 0.456 e. The van der Waals surface area contributed by atoms with Crippen LogP contribution >= 0.6 is 0 Å². The van der Waals surface area contributed by atoms with Crippen LogP contribution < -0.4 is 0 Å². The highest BCUT2D eigenvalue weighted by molar-refractivity contribution is 6.21. The second kappa shape index (κ2) is 13.2. The third kappa shape index (κ3) is 5.34. The van der Waals surface area contributed by atoms with Crippen molar-refractivity contribution in [3.05, 3.63) is 212 Å². The summed E-state index contributed by atoms with van der Waals surface area (Å²) in [5.74, 6) is 0. The number of benzene rings is 10. The standard InChI is InChI=1S/C57H37NO/c1-36-19-21-37(22-20-36)40-26-31-54-50(34-40)51-35-42(27-32-55(51)59-54)41-25-30-53-49(33-41)44-13-9-10-18-52(44)58(53)43-28-23-39(24-29-43)57-47-16-7-5-14-45(47)56(38-11-3-2-4-12-38)46-15-6-8-17-48(46)57/h2-35H,1H3. The summed E-state index contributed by atoms with van der Waals surface area (Å²) < 4.78 is 8.74. The summed E-state index contributed by atoms with van der Waals surface area (Å²) in [5, 5.41) is 9.78. The van der Waals surface area contributed by atoms with E-state index >= 15 is 0 Å². The topological polar surface area (TPSA) is 18.1 Å². The van der Waals surface area contributed by atoms with Gasteiger partial charge in [-0.2, -0.15) is 0 Å². The Morgan fingerprint density at radius 3 is 1.32 bits per heavy atom. The molecule has 0 unspecified atom stereocenters. The molecule has 0 fully saturated rings. The SMILES string of the molecule is Cc1ccc(-c2ccc3oc4ccc(-c5ccc6c(c5)c5ccccc5n6-c5ccc(-c6c7ccccc7c(-c7ccccc7)c7ccccc67)cc5)cc4c3c2)cc1. The fraction of sp³-hybridized carbons (Fsp3) is 0.0175. The van der Waals surface area contributed by atoms with Crippen LogP contribution in [-0.4, -0.2) is 4.57 Å². The maximum atomic E-state index is 6.33. The van der Waals surface area contributed by atoms with Gasteiger partial charge in [0.05, 0.1) is 11.0 Å². The third-order valence-corrected chi connectivity index (χ3v) is 12.3. The Kier molecular flexibility index (Phi) is 7.48. The smallest absolute Gasteiger partial charge is 0.135 e. The fourth-order valence-corrected chi connectivity index (χ4v) is 9.45. The number of aromatic nitrogens is 1. The molecule has 2 heteroatoms. The zero-order valence-corrected chi connectivity index (χ0v) is 32.5. The number of fused-ring (bicyclic) bond motifs is 8. The van der Waals surface area contributed by atoms with Gasteiger partial charge in [-0.25, -0.2) is 0 Å². The Balaban J connectivity index is 0.970. The highest BCUT2D eigenvalue weighted by Crippen LogP contribution is 2.44. The molecule has 2 aromatic heterocycles. The first-order valence-electron chi connectivity index (χ1n) is 20.3. The van der Waals surface area contributed by atoms with E-state index in [0.717, 1.165) is 27.6 Å². The van der Waals surface area contributed by atoms with E-state index in [-0.39, 0.29) is 0 Å². The zero-order chi connectivity index (χ0) is 39.0. The van der Waals surface area contributed by atoms with Crippen LogP contribution in [0.2, 0.25) is 0 Å². The Hall–Kier alpha value is -7.68. The summed E-state index contributed by atoms with van der Waals surface area (Å²) in [7, 11) is 0. The lowest BCUT2D eigenvalue weighted by molar-refractivity contribution is 0.669. The summed E-state index contributed by atoms with van der Waals surface area (Å²) in [6, 6.07) is 75.2. The van der Waals surface area contributed by atoms with Crippen molar-refractivity contribution in [2.75, 3.05) is 0 Å². The van der Waals surface area contributed by atoms with E-state index in [1.54, 1.807) is 0 Å². The number of para-hydroxylation sites is 1. The van der Waals surface area contributed by atoms with Gasteiger partial charge in [-0.15, -0.1) is 0 Å². The number of nitrogens with zero attached hydrogens (tertiary/aromatic N) is 1. The molecule has 12 rings (SSSR count). The lowest BCUT2D eigenvalue weighted by Gasteiger charge is -2.18. The molecule has 0 N–H and O–H groups in total. The molecule has 2 heterocycles. The van der Waals surface area contributed by atoms with Crippen molar-refractivity contribution in [3.63, 3.8) is 0 Å². The molecule has 0 aliphatic carbocycles. The first-order valence-corrected chi connectivity index (χ1v) is 20.3. The molecular formula is C57H37NO. The van der Waals surface area contributed by atoms with Crippen LogP contribution in [0, 0.1) is 6.92 Å². The van der Waals surface area contributed by atoms with Gasteiger partial charge in [-0.1, -0.05) is 157 Å². The van der Waals surface area contributed by atoms with Crippen LogP contribution in [-0.2, 0) is 0 Å². The highest BCUT2D eigenvalue weighted by atomic mass is 16.3. The van der Waals surface area contributed by atoms with Crippen LogP contribution in [0.25, 0.3) is 115 Å². The number of hydrogen-bond acceptors (Lipinski definition) is 1. The molecule has 276 valence electrons. The summed E-state index contributed by atoms with van der Waals surface area (Å²) in [6.45, 7) is 2.13. The van der Waals surface area contributed by atoms with E-state index in [0.29, 0.717) is 0 Å². The van der Waals surface area contributed by atoms with E-state index in [2.05, 4.69) is 218 Å². The number of rotatable bonds is 5. The van der Waals surface area contributed by atoms with E-state index in [1.807, 2.05) is 0 Å². The molecular weight excluding hydrogens is 715 g/mol.